The molecule has 0 aliphatic carbocycles. The Kier molecular flexibility index (Phi) is 2.87. The molecule has 2 heteroatoms. The molecule has 2 fully saturated rings. The Bertz CT molecular complexity index is 401. The van der Waals surface area contributed by atoms with Crippen molar-refractivity contribution in [2.45, 2.75) is 44.1 Å². The third-order valence-corrected chi connectivity index (χ3v) is 4.23. The van der Waals surface area contributed by atoms with Crippen LogP contribution in [0.2, 0.25) is 0 Å². The summed E-state index contributed by atoms with van der Waals surface area (Å²) in [5.41, 5.74) is 1.41. The van der Waals surface area contributed by atoms with Crippen LogP contribution in [-0.4, -0.2) is 23.4 Å². The van der Waals surface area contributed by atoms with Crippen molar-refractivity contribution in [2.24, 2.45) is 0 Å². The van der Waals surface area contributed by atoms with Crippen molar-refractivity contribution in [3.05, 3.63) is 35.9 Å². The summed E-state index contributed by atoms with van der Waals surface area (Å²) < 4.78 is 0. The molecule has 0 N–H and O–H groups in total. The summed E-state index contributed by atoms with van der Waals surface area (Å²) >= 11 is 0. The maximum Gasteiger partial charge on any atom is 0.222 e. The molecule has 17 heavy (non-hydrogen) atoms. The zero-order valence-electron chi connectivity index (χ0n) is 10.1. The van der Waals surface area contributed by atoms with E-state index in [2.05, 4.69) is 35.2 Å². The second-order valence-electron chi connectivity index (χ2n) is 5.27. The summed E-state index contributed by atoms with van der Waals surface area (Å²) in [6, 6.07) is 11.2. The Morgan fingerprint density at radius 1 is 1.12 bits per heavy atom. The Balaban J connectivity index is 1.81. The van der Waals surface area contributed by atoms with E-state index in [1.165, 1.54) is 18.4 Å². The van der Waals surface area contributed by atoms with Crippen LogP contribution in [0.3, 0.4) is 0 Å². The molecule has 0 saturated carbocycles. The summed E-state index contributed by atoms with van der Waals surface area (Å²) in [6.07, 6.45) is 5.31. The molecule has 0 unspecified atom stereocenters. The predicted octanol–water partition coefficient (Wildman–Crippen LogP) is 2.95. The van der Waals surface area contributed by atoms with Gasteiger partial charge in [0.05, 0.1) is 0 Å². The van der Waals surface area contributed by atoms with Gasteiger partial charge in [-0.2, -0.15) is 0 Å². The van der Waals surface area contributed by atoms with Gasteiger partial charge in [0.2, 0.25) is 5.91 Å². The van der Waals surface area contributed by atoms with Crippen molar-refractivity contribution in [1.29, 1.82) is 0 Å². The van der Waals surface area contributed by atoms with Gasteiger partial charge in [-0.25, -0.2) is 0 Å². The molecule has 2 heterocycles. The van der Waals surface area contributed by atoms with Crippen LogP contribution in [0.5, 0.6) is 0 Å². The normalized spacial score (nSPS) is 28.9. The van der Waals surface area contributed by atoms with E-state index in [0.29, 0.717) is 17.9 Å². The highest BCUT2D eigenvalue weighted by atomic mass is 16.2. The molecular weight excluding hydrogens is 210 g/mol. The SMILES string of the molecule is O=C1CC[C@H](c2ccccc2)C[C@@H]2CCCN12. The lowest BCUT2D eigenvalue weighted by molar-refractivity contribution is -0.131. The van der Waals surface area contributed by atoms with E-state index in [-0.39, 0.29) is 0 Å². The molecule has 0 spiro atoms. The molecule has 0 bridgehead atoms. The van der Waals surface area contributed by atoms with Gasteiger partial charge in [-0.15, -0.1) is 0 Å². The first kappa shape index (κ1) is 10.8. The van der Waals surface area contributed by atoms with Gasteiger partial charge in [-0.1, -0.05) is 30.3 Å². The van der Waals surface area contributed by atoms with Gasteiger partial charge in [0, 0.05) is 19.0 Å². The number of benzene rings is 1. The molecule has 3 rings (SSSR count). The highest BCUT2D eigenvalue weighted by molar-refractivity contribution is 5.77. The maximum atomic E-state index is 12.0. The van der Waals surface area contributed by atoms with Gasteiger partial charge < -0.3 is 4.90 Å². The van der Waals surface area contributed by atoms with Crippen LogP contribution in [0.15, 0.2) is 30.3 Å². The Morgan fingerprint density at radius 3 is 2.76 bits per heavy atom. The van der Waals surface area contributed by atoms with E-state index in [1.54, 1.807) is 0 Å². The van der Waals surface area contributed by atoms with Crippen LogP contribution in [0, 0.1) is 0 Å². The molecule has 0 radical (unpaired) electrons. The number of hydrogen-bond acceptors (Lipinski definition) is 1. The van der Waals surface area contributed by atoms with Crippen LogP contribution in [-0.2, 0) is 4.79 Å². The molecular formula is C15H19NO. The van der Waals surface area contributed by atoms with Crippen LogP contribution < -0.4 is 0 Å². The van der Waals surface area contributed by atoms with E-state index in [0.717, 1.165) is 25.8 Å². The number of carbonyl (C=O) groups is 1. The van der Waals surface area contributed by atoms with Gasteiger partial charge in [0.1, 0.15) is 0 Å². The van der Waals surface area contributed by atoms with Gasteiger partial charge in [0.25, 0.3) is 0 Å². The summed E-state index contributed by atoms with van der Waals surface area (Å²) in [5, 5.41) is 0. The van der Waals surface area contributed by atoms with Gasteiger partial charge in [-0.3, -0.25) is 4.79 Å². The second-order valence-corrected chi connectivity index (χ2v) is 5.27. The molecule has 0 aromatic heterocycles. The Morgan fingerprint density at radius 2 is 1.94 bits per heavy atom. The van der Waals surface area contributed by atoms with Crippen LogP contribution in [0.1, 0.15) is 43.6 Å². The average Bonchev–Trinajstić information content (AvgIpc) is 2.77. The number of carbonyl (C=O) groups excluding carboxylic acids is 1. The van der Waals surface area contributed by atoms with E-state index < -0.39 is 0 Å². The van der Waals surface area contributed by atoms with Crippen molar-refractivity contribution in [3.8, 4) is 0 Å². The molecule has 1 aromatic rings. The quantitative estimate of drug-likeness (QED) is 0.725. The number of amides is 1. The molecule has 2 aliphatic heterocycles. The number of rotatable bonds is 1. The first-order valence-corrected chi connectivity index (χ1v) is 6.69. The largest absolute Gasteiger partial charge is 0.340 e. The second kappa shape index (κ2) is 4.52. The molecule has 2 atom stereocenters. The summed E-state index contributed by atoms with van der Waals surface area (Å²) in [6.45, 7) is 0.991. The lowest BCUT2D eigenvalue weighted by atomic mass is 9.89. The van der Waals surface area contributed by atoms with Crippen LogP contribution >= 0.6 is 0 Å². The highest BCUT2D eigenvalue weighted by Crippen LogP contribution is 2.35. The summed E-state index contributed by atoms with van der Waals surface area (Å²) in [7, 11) is 0. The van der Waals surface area contributed by atoms with Gasteiger partial charge >= 0.3 is 0 Å². The molecule has 1 amide bonds. The van der Waals surface area contributed by atoms with Crippen molar-refractivity contribution >= 4 is 5.91 Å². The minimum atomic E-state index is 0.380. The van der Waals surface area contributed by atoms with E-state index in [9.17, 15) is 4.79 Å². The fourth-order valence-electron chi connectivity index (χ4n) is 3.32. The maximum absolute atomic E-state index is 12.0. The monoisotopic (exact) mass is 229 g/mol. The van der Waals surface area contributed by atoms with Crippen molar-refractivity contribution < 1.29 is 4.79 Å². The zero-order chi connectivity index (χ0) is 11.7. The van der Waals surface area contributed by atoms with Crippen molar-refractivity contribution in [3.63, 3.8) is 0 Å². The molecule has 2 saturated heterocycles. The fourth-order valence-corrected chi connectivity index (χ4v) is 3.32. The minimum absolute atomic E-state index is 0.380. The van der Waals surface area contributed by atoms with Gasteiger partial charge in [-0.05, 0) is 37.2 Å². The summed E-state index contributed by atoms with van der Waals surface area (Å²) in [4.78, 5) is 14.1. The third kappa shape index (κ3) is 2.08. The molecule has 1 aromatic carbocycles. The minimum Gasteiger partial charge on any atom is -0.340 e. The number of hydrogen-bond donors (Lipinski definition) is 0. The number of nitrogens with zero attached hydrogens (tertiary/aromatic N) is 1. The Labute approximate surface area is 103 Å². The Hall–Kier alpha value is -1.31. The first-order valence-electron chi connectivity index (χ1n) is 6.69. The summed E-state index contributed by atoms with van der Waals surface area (Å²) in [5.74, 6) is 0.958. The predicted molar refractivity (Wildman–Crippen MR) is 67.8 cm³/mol. The number of fused-ring (bicyclic) bond motifs is 1. The lowest BCUT2D eigenvalue weighted by Gasteiger charge is -2.23. The van der Waals surface area contributed by atoms with E-state index >= 15 is 0 Å². The molecule has 2 aliphatic rings. The molecule has 2 nitrogen and oxygen atoms in total. The smallest absolute Gasteiger partial charge is 0.222 e. The zero-order valence-corrected chi connectivity index (χ0v) is 10.1. The topological polar surface area (TPSA) is 20.3 Å². The third-order valence-electron chi connectivity index (χ3n) is 4.23. The fraction of sp³-hybridized carbons (Fsp3) is 0.533. The van der Waals surface area contributed by atoms with Crippen molar-refractivity contribution in [1.82, 2.24) is 4.90 Å². The highest BCUT2D eigenvalue weighted by Gasteiger charge is 2.34. The van der Waals surface area contributed by atoms with Crippen LogP contribution in [0.4, 0.5) is 0 Å². The molecule has 90 valence electrons. The average molecular weight is 229 g/mol. The van der Waals surface area contributed by atoms with Gasteiger partial charge in [0.15, 0.2) is 0 Å². The van der Waals surface area contributed by atoms with E-state index in [4.69, 9.17) is 0 Å². The lowest BCUT2D eigenvalue weighted by Crippen LogP contribution is -2.33. The van der Waals surface area contributed by atoms with Crippen LogP contribution in [0.25, 0.3) is 0 Å². The van der Waals surface area contributed by atoms with Crippen molar-refractivity contribution in [2.75, 3.05) is 6.54 Å². The standard InChI is InChI=1S/C15H19NO/c17-15-9-8-13(12-5-2-1-3-6-12)11-14-7-4-10-16(14)15/h1-3,5-6,13-14H,4,7-11H2/t13-,14-/m0/s1. The van der Waals surface area contributed by atoms with E-state index in [1.807, 2.05) is 0 Å². The first-order chi connectivity index (χ1) is 8.34.